The highest BCUT2D eigenvalue weighted by molar-refractivity contribution is 5.75. The lowest BCUT2D eigenvalue weighted by Gasteiger charge is -2.27. The summed E-state index contributed by atoms with van der Waals surface area (Å²) in [5.74, 6) is 0.336. The van der Waals surface area contributed by atoms with Gasteiger partial charge >= 0.3 is 0 Å². The molecule has 0 saturated carbocycles. The normalized spacial score (nSPS) is 14.4. The summed E-state index contributed by atoms with van der Waals surface area (Å²) < 4.78 is 1.60. The maximum Gasteiger partial charge on any atom is 0.288 e. The van der Waals surface area contributed by atoms with Crippen molar-refractivity contribution in [1.82, 2.24) is 30.4 Å². The molecule has 1 aliphatic heterocycles. The number of anilines is 2. The number of H-pyrrole nitrogens is 1. The van der Waals surface area contributed by atoms with Crippen molar-refractivity contribution in [2.75, 3.05) is 5.32 Å². The number of nitro groups is 1. The number of aromatic nitrogens is 6. The van der Waals surface area contributed by atoms with Crippen LogP contribution in [0.3, 0.4) is 0 Å². The Kier molecular flexibility index (Phi) is 4.28. The van der Waals surface area contributed by atoms with Crippen LogP contribution in [0.15, 0.2) is 53.3 Å². The van der Waals surface area contributed by atoms with E-state index in [2.05, 4.69) is 38.0 Å². The molecule has 0 bridgehead atoms. The van der Waals surface area contributed by atoms with Crippen molar-refractivity contribution < 1.29 is 4.92 Å². The highest BCUT2D eigenvalue weighted by atomic mass is 16.6. The van der Waals surface area contributed by atoms with E-state index in [1.807, 2.05) is 24.3 Å². The predicted molar refractivity (Wildman–Crippen MR) is 111 cm³/mol. The first kappa shape index (κ1) is 18.6. The Morgan fingerprint density at radius 1 is 1.13 bits per heavy atom. The molecule has 2 N–H and O–H groups in total. The fraction of sp³-hybridized carbons (Fsp3) is 0.150. The highest BCUT2D eigenvalue weighted by Crippen LogP contribution is 2.41. The molecule has 0 fully saturated rings. The molecule has 11 heteroatoms. The van der Waals surface area contributed by atoms with Gasteiger partial charge in [0.2, 0.25) is 5.95 Å². The molecular formula is C20H16N8O3. The Morgan fingerprint density at radius 3 is 2.55 bits per heavy atom. The zero-order valence-corrected chi connectivity index (χ0v) is 16.3. The Labute approximate surface area is 174 Å². The summed E-state index contributed by atoms with van der Waals surface area (Å²) in [7, 11) is 0. The molecule has 2 aromatic carbocycles. The number of nitrogens with one attached hydrogen (secondary N) is 2. The fourth-order valence-corrected chi connectivity index (χ4v) is 3.74. The van der Waals surface area contributed by atoms with Gasteiger partial charge in [0.25, 0.3) is 11.2 Å². The number of non-ortho nitro benzene ring substituents is 1. The van der Waals surface area contributed by atoms with Crippen LogP contribution in [0, 0.1) is 10.1 Å². The third kappa shape index (κ3) is 3.03. The molecule has 1 atom stereocenters. The van der Waals surface area contributed by atoms with Gasteiger partial charge in [-0.25, -0.2) is 5.10 Å². The number of hydrogen-bond acceptors (Lipinski definition) is 8. The second-order valence-electron chi connectivity index (χ2n) is 7.06. The number of nitro benzene ring substituents is 1. The molecule has 0 aliphatic carbocycles. The van der Waals surface area contributed by atoms with E-state index >= 15 is 0 Å². The van der Waals surface area contributed by atoms with Crippen LogP contribution in [0.25, 0.3) is 11.3 Å². The first-order valence-corrected chi connectivity index (χ1v) is 9.58. The Bertz CT molecular complexity index is 1340. The van der Waals surface area contributed by atoms with Gasteiger partial charge in [-0.15, -0.1) is 0 Å². The summed E-state index contributed by atoms with van der Waals surface area (Å²) in [5, 5.41) is 32.6. The third-order valence-corrected chi connectivity index (χ3v) is 5.32. The van der Waals surface area contributed by atoms with E-state index in [4.69, 9.17) is 0 Å². The first-order chi connectivity index (χ1) is 15.1. The molecule has 1 aliphatic rings. The molecule has 31 heavy (non-hydrogen) atoms. The number of benzene rings is 2. The van der Waals surface area contributed by atoms with Crippen molar-refractivity contribution in [2.24, 2.45) is 0 Å². The number of fused-ring (bicyclic) bond motifs is 2. The lowest BCUT2D eigenvalue weighted by molar-refractivity contribution is -0.384. The highest BCUT2D eigenvalue weighted by Gasteiger charge is 2.34. The van der Waals surface area contributed by atoms with E-state index in [-0.39, 0.29) is 11.4 Å². The average molecular weight is 416 g/mol. The minimum atomic E-state index is -0.507. The lowest BCUT2D eigenvalue weighted by Crippen LogP contribution is -2.29. The summed E-state index contributed by atoms with van der Waals surface area (Å²) in [6, 6.07) is 13.5. The van der Waals surface area contributed by atoms with E-state index in [1.165, 1.54) is 17.7 Å². The van der Waals surface area contributed by atoms with Gasteiger partial charge in [0, 0.05) is 23.3 Å². The average Bonchev–Trinajstić information content (AvgIpc) is 3.27. The van der Waals surface area contributed by atoms with Gasteiger partial charge in [0.1, 0.15) is 11.7 Å². The third-order valence-electron chi connectivity index (χ3n) is 5.32. The van der Waals surface area contributed by atoms with Crippen LogP contribution in [-0.4, -0.2) is 35.3 Å². The molecule has 0 spiro atoms. The van der Waals surface area contributed by atoms with Crippen molar-refractivity contribution in [3.63, 3.8) is 0 Å². The molecule has 11 nitrogen and oxygen atoms in total. The van der Waals surface area contributed by atoms with Crippen molar-refractivity contribution in [3.05, 3.63) is 85.7 Å². The largest absolute Gasteiger partial charge is 0.318 e. The second-order valence-corrected chi connectivity index (χ2v) is 7.06. The van der Waals surface area contributed by atoms with Crippen LogP contribution < -0.4 is 10.9 Å². The van der Waals surface area contributed by atoms with Gasteiger partial charge in [-0.1, -0.05) is 36.3 Å². The Hall–Kier alpha value is -4.41. The minimum Gasteiger partial charge on any atom is -0.318 e. The van der Waals surface area contributed by atoms with E-state index in [1.54, 1.807) is 16.8 Å². The number of tetrazole rings is 1. The van der Waals surface area contributed by atoms with E-state index < -0.39 is 16.5 Å². The monoisotopic (exact) mass is 416 g/mol. The molecule has 4 aromatic rings. The van der Waals surface area contributed by atoms with Crippen LogP contribution >= 0.6 is 0 Å². The quantitative estimate of drug-likeness (QED) is 0.336. The lowest BCUT2D eigenvalue weighted by atomic mass is 9.92. The van der Waals surface area contributed by atoms with E-state index in [0.29, 0.717) is 22.8 Å². The van der Waals surface area contributed by atoms with Gasteiger partial charge in [0.15, 0.2) is 0 Å². The summed E-state index contributed by atoms with van der Waals surface area (Å²) >= 11 is 0. The van der Waals surface area contributed by atoms with Crippen molar-refractivity contribution >= 4 is 17.3 Å². The topological polar surface area (TPSA) is 145 Å². The van der Waals surface area contributed by atoms with Gasteiger partial charge in [-0.3, -0.25) is 14.9 Å². The summed E-state index contributed by atoms with van der Waals surface area (Å²) in [4.78, 5) is 23.2. The van der Waals surface area contributed by atoms with Crippen LogP contribution in [0.4, 0.5) is 17.3 Å². The second kappa shape index (κ2) is 7.13. The summed E-state index contributed by atoms with van der Waals surface area (Å²) in [5.41, 5.74) is 3.57. The molecule has 154 valence electrons. The van der Waals surface area contributed by atoms with Gasteiger partial charge < -0.3 is 5.32 Å². The van der Waals surface area contributed by atoms with Gasteiger partial charge in [0.05, 0.1) is 10.6 Å². The van der Waals surface area contributed by atoms with Gasteiger partial charge in [-0.2, -0.15) is 9.78 Å². The molecule has 0 saturated heterocycles. The minimum absolute atomic E-state index is 0.0327. The maximum absolute atomic E-state index is 12.7. The zero-order chi connectivity index (χ0) is 21.5. The van der Waals surface area contributed by atoms with Crippen molar-refractivity contribution in [1.29, 1.82) is 0 Å². The number of aryl methyl sites for hydroxylation is 1. The van der Waals surface area contributed by atoms with Crippen LogP contribution in [0.1, 0.15) is 29.7 Å². The molecular weight excluding hydrogens is 400 g/mol. The molecule has 3 heterocycles. The first-order valence-electron chi connectivity index (χ1n) is 9.58. The van der Waals surface area contributed by atoms with E-state index in [0.717, 1.165) is 12.0 Å². The molecule has 5 rings (SSSR count). The standard InChI is InChI=1S/C20H16N8O3/c1-2-11-3-5-13(6-4-11)18-15-16(12-7-9-14(10-8-12)28(30)31)22-23-19(29)17(15)21-20-24-25-26-27(18)20/h3-10,18H,2H2,1H3,(H,23,29)(H,21,24,26). The number of nitrogens with zero attached hydrogens (tertiary/aromatic N) is 6. The Balaban J connectivity index is 1.74. The fourth-order valence-electron chi connectivity index (χ4n) is 3.74. The van der Waals surface area contributed by atoms with Crippen LogP contribution in [0.2, 0.25) is 0 Å². The molecule has 2 aromatic heterocycles. The van der Waals surface area contributed by atoms with Crippen LogP contribution in [0.5, 0.6) is 0 Å². The predicted octanol–water partition coefficient (Wildman–Crippen LogP) is 2.59. The zero-order valence-electron chi connectivity index (χ0n) is 16.3. The SMILES string of the molecule is CCc1ccc(C2c3c(-c4ccc([N+](=O)[O-])cc4)n[nH]c(=O)c3Nc3nnnn32)cc1. The molecule has 1 unspecified atom stereocenters. The van der Waals surface area contributed by atoms with Crippen molar-refractivity contribution in [3.8, 4) is 11.3 Å². The summed E-state index contributed by atoms with van der Waals surface area (Å²) in [6.45, 7) is 2.07. The molecule has 0 amide bonds. The van der Waals surface area contributed by atoms with E-state index in [9.17, 15) is 14.9 Å². The smallest absolute Gasteiger partial charge is 0.288 e. The van der Waals surface area contributed by atoms with Crippen LogP contribution in [-0.2, 0) is 6.42 Å². The Morgan fingerprint density at radius 2 is 1.87 bits per heavy atom. The number of hydrogen-bond donors (Lipinski definition) is 2. The maximum atomic E-state index is 12.7. The molecule has 0 radical (unpaired) electrons. The van der Waals surface area contributed by atoms with Crippen molar-refractivity contribution in [2.45, 2.75) is 19.4 Å². The number of rotatable bonds is 4. The summed E-state index contributed by atoms with van der Waals surface area (Å²) in [6.07, 6.45) is 0.897. The van der Waals surface area contributed by atoms with Gasteiger partial charge in [-0.05, 0) is 40.1 Å². The number of aromatic amines is 1.